The molecule has 1 aliphatic heterocycles. The molecule has 126 valence electrons. The molecular formula is C14H18N2O6S. The molecule has 0 N–H and O–H groups in total. The van der Waals surface area contributed by atoms with Crippen LogP contribution in [0.25, 0.3) is 0 Å². The van der Waals surface area contributed by atoms with Crippen LogP contribution in [0.15, 0.2) is 35.2 Å². The molecule has 0 spiro atoms. The first-order valence-electron chi connectivity index (χ1n) is 6.96. The number of rotatable bonds is 6. The SMILES string of the molecule is C=C(C)COc1ccc(S(=O)(=O)N2CCOCC2)cc1[N+](=O)[O-]. The molecule has 0 aromatic heterocycles. The molecule has 9 heteroatoms. The highest BCUT2D eigenvalue weighted by atomic mass is 32.2. The highest BCUT2D eigenvalue weighted by Gasteiger charge is 2.29. The van der Waals surface area contributed by atoms with Crippen molar-refractivity contribution < 1.29 is 22.8 Å². The molecule has 1 heterocycles. The van der Waals surface area contributed by atoms with Crippen LogP contribution in [0.5, 0.6) is 5.75 Å². The molecule has 2 rings (SSSR count). The van der Waals surface area contributed by atoms with Crippen molar-refractivity contribution in [1.82, 2.24) is 4.31 Å². The van der Waals surface area contributed by atoms with Crippen molar-refractivity contribution >= 4 is 15.7 Å². The first-order chi connectivity index (χ1) is 10.8. The molecule has 0 atom stereocenters. The molecule has 23 heavy (non-hydrogen) atoms. The Morgan fingerprint density at radius 3 is 2.65 bits per heavy atom. The zero-order valence-electron chi connectivity index (χ0n) is 12.7. The summed E-state index contributed by atoms with van der Waals surface area (Å²) in [5.41, 5.74) is 0.310. The van der Waals surface area contributed by atoms with Gasteiger partial charge in [-0.3, -0.25) is 10.1 Å². The minimum Gasteiger partial charge on any atom is -0.482 e. The number of hydrogen-bond acceptors (Lipinski definition) is 6. The second kappa shape index (κ2) is 7.07. The van der Waals surface area contributed by atoms with Gasteiger partial charge in [0.1, 0.15) is 6.61 Å². The topological polar surface area (TPSA) is 99.0 Å². The van der Waals surface area contributed by atoms with Crippen LogP contribution in [0.1, 0.15) is 6.92 Å². The Bertz CT molecular complexity index is 710. The van der Waals surface area contributed by atoms with Gasteiger partial charge < -0.3 is 9.47 Å². The van der Waals surface area contributed by atoms with Gasteiger partial charge in [-0.25, -0.2) is 8.42 Å². The maximum atomic E-state index is 12.5. The average molecular weight is 342 g/mol. The van der Waals surface area contributed by atoms with Gasteiger partial charge in [0, 0.05) is 19.2 Å². The number of benzene rings is 1. The van der Waals surface area contributed by atoms with Gasteiger partial charge >= 0.3 is 5.69 Å². The average Bonchev–Trinajstić information content (AvgIpc) is 2.53. The van der Waals surface area contributed by atoms with E-state index >= 15 is 0 Å². The van der Waals surface area contributed by atoms with Crippen LogP contribution in [0.2, 0.25) is 0 Å². The van der Waals surface area contributed by atoms with Crippen molar-refractivity contribution in [2.45, 2.75) is 11.8 Å². The summed E-state index contributed by atoms with van der Waals surface area (Å²) in [6.07, 6.45) is 0. The van der Waals surface area contributed by atoms with Gasteiger partial charge in [0.15, 0.2) is 5.75 Å². The Labute approximate surface area is 134 Å². The molecule has 1 fully saturated rings. The summed E-state index contributed by atoms with van der Waals surface area (Å²) < 4.78 is 36.7. The molecular weight excluding hydrogens is 324 g/mol. The van der Waals surface area contributed by atoms with E-state index in [0.717, 1.165) is 6.07 Å². The quantitative estimate of drug-likeness (QED) is 0.442. The third kappa shape index (κ3) is 4.06. The number of ether oxygens (including phenoxy) is 2. The second-order valence-corrected chi connectivity index (χ2v) is 7.09. The number of hydrogen-bond donors (Lipinski definition) is 0. The van der Waals surface area contributed by atoms with Crippen LogP contribution in [0.3, 0.4) is 0 Å². The molecule has 1 saturated heterocycles. The Hall–Kier alpha value is -1.97. The molecule has 1 aromatic carbocycles. The molecule has 8 nitrogen and oxygen atoms in total. The summed E-state index contributed by atoms with van der Waals surface area (Å²) >= 11 is 0. The smallest absolute Gasteiger partial charge is 0.312 e. The third-order valence-electron chi connectivity index (χ3n) is 3.21. The van der Waals surface area contributed by atoms with Crippen LogP contribution < -0.4 is 4.74 Å². The minimum atomic E-state index is -3.79. The first-order valence-corrected chi connectivity index (χ1v) is 8.40. The molecule has 0 amide bonds. The summed E-state index contributed by atoms with van der Waals surface area (Å²) in [6.45, 7) is 6.57. The van der Waals surface area contributed by atoms with Crippen LogP contribution in [0, 0.1) is 10.1 Å². The normalized spacial score (nSPS) is 16.0. The molecule has 0 unspecified atom stereocenters. The number of nitrogens with zero attached hydrogens (tertiary/aromatic N) is 2. The number of nitro groups is 1. The molecule has 0 aliphatic carbocycles. The summed E-state index contributed by atoms with van der Waals surface area (Å²) in [7, 11) is -3.79. The first kappa shape index (κ1) is 17.4. The largest absolute Gasteiger partial charge is 0.482 e. The summed E-state index contributed by atoms with van der Waals surface area (Å²) in [5, 5.41) is 11.2. The summed E-state index contributed by atoms with van der Waals surface area (Å²) in [5.74, 6) is 0.0129. The predicted molar refractivity (Wildman–Crippen MR) is 83.0 cm³/mol. The van der Waals surface area contributed by atoms with Crippen molar-refractivity contribution in [2.75, 3.05) is 32.9 Å². The maximum Gasteiger partial charge on any atom is 0.312 e. The van der Waals surface area contributed by atoms with Crippen LogP contribution in [-0.2, 0) is 14.8 Å². The number of nitro benzene ring substituents is 1. The predicted octanol–water partition coefficient (Wildman–Crippen LogP) is 1.57. The zero-order chi connectivity index (χ0) is 17.0. The standard InChI is InChI=1S/C14H18N2O6S/c1-11(2)10-22-14-4-3-12(9-13(14)16(17)18)23(19,20)15-5-7-21-8-6-15/h3-4,9H,1,5-8,10H2,2H3. The van der Waals surface area contributed by atoms with Crippen LogP contribution in [-0.4, -0.2) is 50.6 Å². The van der Waals surface area contributed by atoms with E-state index in [1.54, 1.807) is 6.92 Å². The lowest BCUT2D eigenvalue weighted by Gasteiger charge is -2.26. The Morgan fingerprint density at radius 2 is 2.09 bits per heavy atom. The summed E-state index contributed by atoms with van der Waals surface area (Å²) in [4.78, 5) is 10.4. The lowest BCUT2D eigenvalue weighted by atomic mass is 10.3. The lowest BCUT2D eigenvalue weighted by Crippen LogP contribution is -2.40. The van der Waals surface area contributed by atoms with Crippen molar-refractivity contribution in [3.8, 4) is 5.75 Å². The van der Waals surface area contributed by atoms with Crippen molar-refractivity contribution in [3.05, 3.63) is 40.5 Å². The van der Waals surface area contributed by atoms with E-state index in [-0.39, 0.29) is 36.0 Å². The van der Waals surface area contributed by atoms with Crippen LogP contribution >= 0.6 is 0 Å². The van der Waals surface area contributed by atoms with E-state index in [2.05, 4.69) is 6.58 Å². The molecule has 1 aromatic rings. The fraction of sp³-hybridized carbons (Fsp3) is 0.429. The highest BCUT2D eigenvalue weighted by molar-refractivity contribution is 7.89. The second-order valence-electron chi connectivity index (χ2n) is 5.15. The Balaban J connectivity index is 2.34. The van der Waals surface area contributed by atoms with E-state index in [4.69, 9.17) is 9.47 Å². The van der Waals surface area contributed by atoms with E-state index < -0.39 is 14.9 Å². The van der Waals surface area contributed by atoms with Crippen LogP contribution in [0.4, 0.5) is 5.69 Å². The molecule has 1 aliphatic rings. The maximum absolute atomic E-state index is 12.5. The van der Waals surface area contributed by atoms with Gasteiger partial charge in [-0.05, 0) is 24.6 Å². The minimum absolute atomic E-state index is 0.0129. The van der Waals surface area contributed by atoms with E-state index in [0.29, 0.717) is 18.8 Å². The Kier molecular flexibility index (Phi) is 5.34. The van der Waals surface area contributed by atoms with Gasteiger partial charge in [0.2, 0.25) is 10.0 Å². The Morgan fingerprint density at radius 1 is 1.43 bits per heavy atom. The van der Waals surface area contributed by atoms with E-state index in [9.17, 15) is 18.5 Å². The van der Waals surface area contributed by atoms with Gasteiger partial charge in [-0.2, -0.15) is 4.31 Å². The van der Waals surface area contributed by atoms with Gasteiger partial charge in [-0.1, -0.05) is 6.58 Å². The van der Waals surface area contributed by atoms with Crippen molar-refractivity contribution in [2.24, 2.45) is 0 Å². The molecule has 0 bridgehead atoms. The van der Waals surface area contributed by atoms with Gasteiger partial charge in [0.05, 0.1) is 23.0 Å². The molecule has 0 radical (unpaired) electrons. The van der Waals surface area contributed by atoms with E-state index in [1.807, 2.05) is 0 Å². The lowest BCUT2D eigenvalue weighted by molar-refractivity contribution is -0.386. The number of sulfonamides is 1. The van der Waals surface area contributed by atoms with Crippen molar-refractivity contribution in [3.63, 3.8) is 0 Å². The molecule has 0 saturated carbocycles. The fourth-order valence-corrected chi connectivity index (χ4v) is 3.49. The monoisotopic (exact) mass is 342 g/mol. The zero-order valence-corrected chi connectivity index (χ0v) is 13.5. The van der Waals surface area contributed by atoms with E-state index in [1.165, 1.54) is 16.4 Å². The van der Waals surface area contributed by atoms with Gasteiger partial charge in [0.25, 0.3) is 0 Å². The summed E-state index contributed by atoms with van der Waals surface area (Å²) in [6, 6.07) is 3.64. The third-order valence-corrected chi connectivity index (χ3v) is 5.10. The highest BCUT2D eigenvalue weighted by Crippen LogP contribution is 2.31. The van der Waals surface area contributed by atoms with Gasteiger partial charge in [-0.15, -0.1) is 0 Å². The van der Waals surface area contributed by atoms with Crippen molar-refractivity contribution in [1.29, 1.82) is 0 Å². The fourth-order valence-electron chi connectivity index (χ4n) is 2.06. The number of morpholine rings is 1.